The Kier molecular flexibility index (Phi) is 7.81. The van der Waals surface area contributed by atoms with Crippen LogP contribution in [0.25, 0.3) is 0 Å². The molecule has 2 amide bonds. The summed E-state index contributed by atoms with van der Waals surface area (Å²) in [5.74, 6) is 0.212. The van der Waals surface area contributed by atoms with Gasteiger partial charge in [-0.3, -0.25) is 9.59 Å². The SMILES string of the molecule is CNCCCNC(=O)c1ccc(NC(=O)CSc2cccs2)cc1. The maximum Gasteiger partial charge on any atom is 0.251 e. The number of rotatable bonds is 9. The summed E-state index contributed by atoms with van der Waals surface area (Å²) in [5.41, 5.74) is 1.28. The second-order valence-corrected chi connectivity index (χ2v) is 7.28. The van der Waals surface area contributed by atoms with E-state index in [0.717, 1.165) is 17.2 Å². The van der Waals surface area contributed by atoms with Gasteiger partial charge in [0.05, 0.1) is 9.96 Å². The molecule has 0 radical (unpaired) electrons. The standard InChI is InChI=1S/C17H21N3O2S2/c1-18-9-3-10-19-17(22)13-5-7-14(8-6-13)20-15(21)12-24-16-4-2-11-23-16/h2,4-8,11,18H,3,9-10,12H2,1H3,(H,19,22)(H,20,21). The number of nitrogens with one attached hydrogen (secondary N) is 3. The van der Waals surface area contributed by atoms with Gasteiger partial charge in [0, 0.05) is 17.8 Å². The van der Waals surface area contributed by atoms with Crippen molar-refractivity contribution in [3.05, 3.63) is 47.3 Å². The lowest BCUT2D eigenvalue weighted by Crippen LogP contribution is -2.26. The van der Waals surface area contributed by atoms with E-state index in [-0.39, 0.29) is 11.8 Å². The first kappa shape index (κ1) is 18.5. The maximum atomic E-state index is 12.0. The predicted molar refractivity (Wildman–Crippen MR) is 101 cm³/mol. The van der Waals surface area contributed by atoms with Crippen molar-refractivity contribution in [2.24, 2.45) is 0 Å². The molecule has 1 aromatic carbocycles. The molecule has 2 rings (SSSR count). The quantitative estimate of drug-likeness (QED) is 0.473. The Bertz CT molecular complexity index is 642. The largest absolute Gasteiger partial charge is 0.352 e. The van der Waals surface area contributed by atoms with Gasteiger partial charge in [-0.05, 0) is 55.7 Å². The Morgan fingerprint density at radius 1 is 1.12 bits per heavy atom. The van der Waals surface area contributed by atoms with Gasteiger partial charge in [0.15, 0.2) is 0 Å². The van der Waals surface area contributed by atoms with Crippen molar-refractivity contribution in [3.8, 4) is 0 Å². The van der Waals surface area contributed by atoms with Crippen LogP contribution in [0.4, 0.5) is 5.69 Å². The van der Waals surface area contributed by atoms with Crippen LogP contribution in [0.2, 0.25) is 0 Å². The van der Waals surface area contributed by atoms with Crippen LogP contribution in [0.1, 0.15) is 16.8 Å². The lowest BCUT2D eigenvalue weighted by molar-refractivity contribution is -0.113. The fraction of sp³-hybridized carbons (Fsp3) is 0.294. The summed E-state index contributed by atoms with van der Waals surface area (Å²) in [6.45, 7) is 1.51. The van der Waals surface area contributed by atoms with E-state index in [1.165, 1.54) is 11.8 Å². The zero-order chi connectivity index (χ0) is 17.2. The van der Waals surface area contributed by atoms with Crippen molar-refractivity contribution in [1.82, 2.24) is 10.6 Å². The smallest absolute Gasteiger partial charge is 0.251 e. The highest BCUT2D eigenvalue weighted by atomic mass is 32.2. The molecule has 2 aromatic rings. The molecule has 24 heavy (non-hydrogen) atoms. The van der Waals surface area contributed by atoms with Crippen molar-refractivity contribution >= 4 is 40.6 Å². The Balaban J connectivity index is 1.76. The molecule has 0 aliphatic heterocycles. The second-order valence-electron chi connectivity index (χ2n) is 5.06. The van der Waals surface area contributed by atoms with Crippen molar-refractivity contribution in [3.63, 3.8) is 0 Å². The molecule has 0 unspecified atom stereocenters. The van der Waals surface area contributed by atoms with Gasteiger partial charge in [0.1, 0.15) is 0 Å². The van der Waals surface area contributed by atoms with Crippen LogP contribution in [0.3, 0.4) is 0 Å². The molecular weight excluding hydrogens is 342 g/mol. The van der Waals surface area contributed by atoms with E-state index < -0.39 is 0 Å². The molecule has 0 atom stereocenters. The van der Waals surface area contributed by atoms with Crippen LogP contribution < -0.4 is 16.0 Å². The zero-order valence-corrected chi connectivity index (χ0v) is 15.1. The van der Waals surface area contributed by atoms with Gasteiger partial charge in [-0.1, -0.05) is 6.07 Å². The summed E-state index contributed by atoms with van der Waals surface area (Å²) in [6, 6.07) is 10.9. The molecule has 1 aromatic heterocycles. The van der Waals surface area contributed by atoms with Crippen LogP contribution >= 0.6 is 23.1 Å². The molecule has 0 aliphatic rings. The van der Waals surface area contributed by atoms with Gasteiger partial charge >= 0.3 is 0 Å². The summed E-state index contributed by atoms with van der Waals surface area (Å²) < 4.78 is 1.12. The fourth-order valence-electron chi connectivity index (χ4n) is 1.95. The Hall–Kier alpha value is -1.83. The van der Waals surface area contributed by atoms with Gasteiger partial charge in [-0.2, -0.15) is 0 Å². The first-order chi connectivity index (χ1) is 11.7. The highest BCUT2D eigenvalue weighted by Crippen LogP contribution is 2.23. The summed E-state index contributed by atoms with van der Waals surface area (Å²) in [4.78, 5) is 23.9. The molecular formula is C17H21N3O2S2. The zero-order valence-electron chi connectivity index (χ0n) is 13.5. The number of thioether (sulfide) groups is 1. The number of carbonyl (C=O) groups excluding carboxylic acids is 2. The van der Waals surface area contributed by atoms with Gasteiger partial charge in [0.25, 0.3) is 5.91 Å². The van der Waals surface area contributed by atoms with Crippen LogP contribution in [0, 0.1) is 0 Å². The number of thiophene rings is 1. The van der Waals surface area contributed by atoms with E-state index >= 15 is 0 Å². The topological polar surface area (TPSA) is 70.2 Å². The van der Waals surface area contributed by atoms with E-state index in [1.54, 1.807) is 35.6 Å². The Labute approximate surface area is 150 Å². The molecule has 0 saturated heterocycles. The molecule has 0 fully saturated rings. The summed E-state index contributed by atoms with van der Waals surface area (Å²) >= 11 is 3.13. The molecule has 0 bridgehead atoms. The average molecular weight is 364 g/mol. The highest BCUT2D eigenvalue weighted by molar-refractivity contribution is 8.01. The van der Waals surface area contributed by atoms with Gasteiger partial charge in [-0.25, -0.2) is 0 Å². The minimum absolute atomic E-state index is 0.0577. The van der Waals surface area contributed by atoms with E-state index in [4.69, 9.17) is 0 Å². The molecule has 128 valence electrons. The molecule has 0 aliphatic carbocycles. The molecule has 1 heterocycles. The number of benzene rings is 1. The van der Waals surface area contributed by atoms with Crippen LogP contribution in [0.15, 0.2) is 46.0 Å². The number of carbonyl (C=O) groups is 2. The Morgan fingerprint density at radius 3 is 2.58 bits per heavy atom. The third-order valence-electron chi connectivity index (χ3n) is 3.16. The normalized spacial score (nSPS) is 10.4. The Morgan fingerprint density at radius 2 is 1.92 bits per heavy atom. The highest BCUT2D eigenvalue weighted by Gasteiger charge is 2.07. The van der Waals surface area contributed by atoms with Crippen molar-refractivity contribution in [2.45, 2.75) is 10.6 Å². The van der Waals surface area contributed by atoms with Gasteiger partial charge < -0.3 is 16.0 Å². The minimum atomic E-state index is -0.0998. The monoisotopic (exact) mass is 363 g/mol. The van der Waals surface area contributed by atoms with Crippen LogP contribution in [0.5, 0.6) is 0 Å². The molecule has 0 spiro atoms. The number of hydrogen-bond donors (Lipinski definition) is 3. The van der Waals surface area contributed by atoms with Crippen LogP contribution in [-0.4, -0.2) is 37.7 Å². The first-order valence-electron chi connectivity index (χ1n) is 7.68. The predicted octanol–water partition coefficient (Wildman–Crippen LogP) is 2.82. The van der Waals surface area contributed by atoms with E-state index in [0.29, 0.717) is 23.5 Å². The van der Waals surface area contributed by atoms with Crippen LogP contribution in [-0.2, 0) is 4.79 Å². The molecule has 3 N–H and O–H groups in total. The van der Waals surface area contributed by atoms with Crippen molar-refractivity contribution in [1.29, 1.82) is 0 Å². The maximum absolute atomic E-state index is 12.0. The van der Waals surface area contributed by atoms with E-state index in [9.17, 15) is 9.59 Å². The van der Waals surface area contributed by atoms with Gasteiger partial charge in [0.2, 0.25) is 5.91 Å². The van der Waals surface area contributed by atoms with Crippen molar-refractivity contribution in [2.75, 3.05) is 31.2 Å². The van der Waals surface area contributed by atoms with Crippen molar-refractivity contribution < 1.29 is 9.59 Å². The third-order valence-corrected chi connectivity index (χ3v) is 5.29. The average Bonchev–Trinajstić information content (AvgIpc) is 3.11. The summed E-state index contributed by atoms with van der Waals surface area (Å²) in [6.07, 6.45) is 0.887. The first-order valence-corrected chi connectivity index (χ1v) is 9.54. The number of amides is 2. The third kappa shape index (κ3) is 6.35. The minimum Gasteiger partial charge on any atom is -0.352 e. The summed E-state index contributed by atoms with van der Waals surface area (Å²) in [5, 5.41) is 10.7. The molecule has 0 saturated carbocycles. The van der Waals surface area contributed by atoms with E-state index in [2.05, 4.69) is 16.0 Å². The second kappa shape index (κ2) is 10.1. The molecule has 5 nitrogen and oxygen atoms in total. The lowest BCUT2D eigenvalue weighted by Gasteiger charge is -2.07. The number of anilines is 1. The molecule has 7 heteroatoms. The summed E-state index contributed by atoms with van der Waals surface area (Å²) in [7, 11) is 1.88. The fourth-order valence-corrected chi connectivity index (χ4v) is 3.54. The van der Waals surface area contributed by atoms with E-state index in [1.807, 2.05) is 24.6 Å². The lowest BCUT2D eigenvalue weighted by atomic mass is 10.2. The van der Waals surface area contributed by atoms with Gasteiger partial charge in [-0.15, -0.1) is 23.1 Å². The number of hydrogen-bond acceptors (Lipinski definition) is 5.